The number of oxazole rings is 1. The lowest BCUT2D eigenvalue weighted by Crippen LogP contribution is -1.81. The summed E-state index contributed by atoms with van der Waals surface area (Å²) in [4.78, 5) is 4.42. The van der Waals surface area contributed by atoms with Crippen LogP contribution in [0.5, 0.6) is 5.75 Å². The summed E-state index contributed by atoms with van der Waals surface area (Å²) < 4.78 is 6.09. The van der Waals surface area contributed by atoms with Crippen LogP contribution in [-0.2, 0) is 0 Å². The summed E-state index contributed by atoms with van der Waals surface area (Å²) in [6.45, 7) is 0. The molecule has 4 heteroatoms. The predicted molar refractivity (Wildman–Crippen MR) is 63.3 cm³/mol. The van der Waals surface area contributed by atoms with Crippen LogP contribution < -0.4 is 0 Å². The highest BCUT2D eigenvalue weighted by Crippen LogP contribution is 2.40. The third-order valence-corrected chi connectivity index (χ3v) is 3.36. The molecule has 1 fully saturated rings. The molecule has 1 heterocycles. The molecule has 0 bridgehead atoms. The number of phenols is 1. The van der Waals surface area contributed by atoms with Crippen molar-refractivity contribution in [3.05, 3.63) is 34.8 Å². The molecule has 0 atom stereocenters. The molecular weight excluding hydrogens is 270 g/mol. The number of rotatable bonds is 2. The predicted octanol–water partition coefficient (Wildman–Crippen LogP) is 3.69. The van der Waals surface area contributed by atoms with Gasteiger partial charge in [0.1, 0.15) is 17.7 Å². The molecule has 16 heavy (non-hydrogen) atoms. The van der Waals surface area contributed by atoms with Crippen LogP contribution in [0.15, 0.2) is 33.4 Å². The van der Waals surface area contributed by atoms with Crippen LogP contribution in [0.4, 0.5) is 0 Å². The Labute approximate surface area is 101 Å². The summed E-state index contributed by atoms with van der Waals surface area (Å²) in [7, 11) is 0. The highest BCUT2D eigenvalue weighted by molar-refractivity contribution is 9.10. The van der Waals surface area contributed by atoms with Crippen molar-refractivity contribution < 1.29 is 9.52 Å². The minimum Gasteiger partial charge on any atom is -0.507 e. The second-order valence-corrected chi connectivity index (χ2v) is 4.87. The Balaban J connectivity index is 1.97. The Morgan fingerprint density at radius 3 is 2.88 bits per heavy atom. The average Bonchev–Trinajstić information content (AvgIpc) is 3.01. The number of hydrogen-bond acceptors (Lipinski definition) is 3. The van der Waals surface area contributed by atoms with Crippen molar-refractivity contribution in [2.45, 2.75) is 18.8 Å². The van der Waals surface area contributed by atoms with Crippen molar-refractivity contribution in [3.8, 4) is 17.0 Å². The van der Waals surface area contributed by atoms with Crippen molar-refractivity contribution in [2.75, 3.05) is 0 Å². The molecule has 0 spiro atoms. The summed E-state index contributed by atoms with van der Waals surface area (Å²) >= 11 is 3.25. The Bertz CT molecular complexity index is 532. The molecule has 1 aromatic carbocycles. The smallest absolute Gasteiger partial charge is 0.197 e. The Hall–Kier alpha value is -1.29. The third kappa shape index (κ3) is 1.73. The van der Waals surface area contributed by atoms with Crippen LogP contribution in [-0.4, -0.2) is 10.1 Å². The molecule has 1 saturated carbocycles. The number of phenolic OH excluding ortho intramolecular Hbond substituents is 1. The molecule has 1 aromatic heterocycles. The molecule has 0 saturated heterocycles. The van der Waals surface area contributed by atoms with Gasteiger partial charge < -0.3 is 9.52 Å². The topological polar surface area (TPSA) is 46.3 Å². The highest BCUT2D eigenvalue weighted by Gasteiger charge is 2.28. The van der Waals surface area contributed by atoms with E-state index in [-0.39, 0.29) is 5.75 Å². The van der Waals surface area contributed by atoms with Gasteiger partial charge in [0.25, 0.3) is 0 Å². The van der Waals surface area contributed by atoms with Gasteiger partial charge in [0.05, 0.1) is 4.47 Å². The largest absolute Gasteiger partial charge is 0.507 e. The number of halogens is 1. The van der Waals surface area contributed by atoms with Gasteiger partial charge >= 0.3 is 0 Å². The molecule has 1 aliphatic carbocycles. The lowest BCUT2D eigenvalue weighted by molar-refractivity contribution is 0.472. The van der Waals surface area contributed by atoms with E-state index >= 15 is 0 Å². The van der Waals surface area contributed by atoms with E-state index in [2.05, 4.69) is 20.9 Å². The fourth-order valence-corrected chi connectivity index (χ4v) is 1.86. The SMILES string of the molecule is Oc1cc(-c2coc(C3CC3)n2)ccc1Br. The molecule has 0 unspecified atom stereocenters. The fourth-order valence-electron chi connectivity index (χ4n) is 1.61. The zero-order chi connectivity index (χ0) is 11.1. The van der Waals surface area contributed by atoms with Gasteiger partial charge in [-0.1, -0.05) is 6.07 Å². The van der Waals surface area contributed by atoms with E-state index in [0.29, 0.717) is 10.4 Å². The maximum absolute atomic E-state index is 9.58. The molecule has 82 valence electrons. The van der Waals surface area contributed by atoms with Crippen molar-refractivity contribution >= 4 is 15.9 Å². The average molecular weight is 280 g/mol. The maximum Gasteiger partial charge on any atom is 0.197 e. The molecule has 0 radical (unpaired) electrons. The van der Waals surface area contributed by atoms with Gasteiger partial charge in [0.2, 0.25) is 0 Å². The monoisotopic (exact) mass is 279 g/mol. The molecule has 1 aliphatic rings. The normalized spacial score (nSPS) is 15.3. The van der Waals surface area contributed by atoms with Crippen LogP contribution >= 0.6 is 15.9 Å². The Morgan fingerprint density at radius 2 is 2.19 bits per heavy atom. The molecule has 3 nitrogen and oxygen atoms in total. The van der Waals surface area contributed by atoms with Crippen LogP contribution in [0.2, 0.25) is 0 Å². The summed E-state index contributed by atoms with van der Waals surface area (Å²) in [5.74, 6) is 1.55. The lowest BCUT2D eigenvalue weighted by atomic mass is 10.1. The minimum atomic E-state index is 0.216. The van der Waals surface area contributed by atoms with Crippen LogP contribution in [0, 0.1) is 0 Å². The van der Waals surface area contributed by atoms with Crippen molar-refractivity contribution in [1.82, 2.24) is 4.98 Å². The molecular formula is C12H10BrNO2. The van der Waals surface area contributed by atoms with E-state index < -0.39 is 0 Å². The first-order valence-corrected chi connectivity index (χ1v) is 5.97. The quantitative estimate of drug-likeness (QED) is 0.912. The van der Waals surface area contributed by atoms with E-state index in [0.717, 1.165) is 17.1 Å². The van der Waals surface area contributed by atoms with E-state index in [9.17, 15) is 5.11 Å². The zero-order valence-electron chi connectivity index (χ0n) is 8.48. The fraction of sp³-hybridized carbons (Fsp3) is 0.250. The molecule has 3 rings (SSSR count). The van der Waals surface area contributed by atoms with Crippen LogP contribution in [0.3, 0.4) is 0 Å². The minimum absolute atomic E-state index is 0.216. The molecule has 0 aliphatic heterocycles. The number of hydrogen-bond donors (Lipinski definition) is 1. The van der Waals surface area contributed by atoms with Gasteiger partial charge in [-0.15, -0.1) is 0 Å². The Kier molecular flexibility index (Phi) is 2.24. The first-order chi connectivity index (χ1) is 7.74. The summed E-state index contributed by atoms with van der Waals surface area (Å²) in [5.41, 5.74) is 1.65. The number of aromatic hydroxyl groups is 1. The summed E-state index contributed by atoms with van der Waals surface area (Å²) in [6, 6.07) is 5.38. The van der Waals surface area contributed by atoms with Crippen molar-refractivity contribution in [3.63, 3.8) is 0 Å². The third-order valence-electron chi connectivity index (χ3n) is 2.69. The van der Waals surface area contributed by atoms with Crippen LogP contribution in [0.1, 0.15) is 24.7 Å². The second-order valence-electron chi connectivity index (χ2n) is 4.01. The van der Waals surface area contributed by atoms with Gasteiger partial charge in [0, 0.05) is 11.5 Å². The highest BCUT2D eigenvalue weighted by atomic mass is 79.9. The van der Waals surface area contributed by atoms with Crippen LogP contribution in [0.25, 0.3) is 11.3 Å². The summed E-state index contributed by atoms with van der Waals surface area (Å²) in [5, 5.41) is 9.58. The van der Waals surface area contributed by atoms with Crippen molar-refractivity contribution in [1.29, 1.82) is 0 Å². The standard InChI is InChI=1S/C12H10BrNO2/c13-9-4-3-8(5-11(9)15)10-6-16-12(14-10)7-1-2-7/h3-7,15H,1-2H2. The van der Waals surface area contributed by atoms with E-state index in [4.69, 9.17) is 4.42 Å². The first-order valence-electron chi connectivity index (χ1n) is 5.18. The molecule has 1 N–H and O–H groups in total. The zero-order valence-corrected chi connectivity index (χ0v) is 10.1. The summed E-state index contributed by atoms with van der Waals surface area (Å²) in [6.07, 6.45) is 3.99. The van der Waals surface area contributed by atoms with Gasteiger partial charge in [-0.3, -0.25) is 0 Å². The number of aromatic nitrogens is 1. The van der Waals surface area contributed by atoms with Gasteiger partial charge in [0.15, 0.2) is 5.89 Å². The number of nitrogens with zero attached hydrogens (tertiary/aromatic N) is 1. The maximum atomic E-state index is 9.58. The Morgan fingerprint density at radius 1 is 1.38 bits per heavy atom. The molecule has 2 aromatic rings. The first kappa shape index (κ1) is 9.90. The van der Waals surface area contributed by atoms with Crippen molar-refractivity contribution in [2.24, 2.45) is 0 Å². The van der Waals surface area contributed by atoms with Gasteiger partial charge in [-0.2, -0.15) is 0 Å². The second kappa shape index (κ2) is 3.63. The van der Waals surface area contributed by atoms with E-state index in [1.54, 1.807) is 18.4 Å². The number of benzene rings is 1. The lowest BCUT2D eigenvalue weighted by Gasteiger charge is -1.99. The van der Waals surface area contributed by atoms with Gasteiger partial charge in [-0.25, -0.2) is 4.98 Å². The van der Waals surface area contributed by atoms with Gasteiger partial charge in [-0.05, 0) is 40.9 Å². The van der Waals surface area contributed by atoms with E-state index in [1.807, 2.05) is 6.07 Å². The van der Waals surface area contributed by atoms with E-state index in [1.165, 1.54) is 12.8 Å². The molecule has 0 amide bonds.